The van der Waals surface area contributed by atoms with Gasteiger partial charge in [0.15, 0.2) is 12.4 Å². The quantitative estimate of drug-likeness (QED) is 0.441. The van der Waals surface area contributed by atoms with E-state index in [0.29, 0.717) is 22.2 Å². The Labute approximate surface area is 179 Å². The Morgan fingerprint density at radius 2 is 1.84 bits per heavy atom. The maximum absolute atomic E-state index is 12.6. The van der Waals surface area contributed by atoms with Gasteiger partial charge in [-0.3, -0.25) is 4.79 Å². The van der Waals surface area contributed by atoms with Crippen LogP contribution in [-0.4, -0.2) is 23.6 Å². The van der Waals surface area contributed by atoms with Crippen LogP contribution in [0.3, 0.4) is 0 Å². The third-order valence-corrected chi connectivity index (χ3v) is 5.09. The molecular formula is C25H22N2O4. The fourth-order valence-corrected chi connectivity index (χ4v) is 3.46. The molecule has 0 saturated heterocycles. The molecule has 1 amide bonds. The molecule has 0 aliphatic heterocycles. The smallest absolute Gasteiger partial charge is 0.338 e. The summed E-state index contributed by atoms with van der Waals surface area (Å²) >= 11 is 0. The van der Waals surface area contributed by atoms with Crippen LogP contribution in [0.1, 0.15) is 28.4 Å². The summed E-state index contributed by atoms with van der Waals surface area (Å²) in [6.45, 7) is 3.58. The van der Waals surface area contributed by atoms with Crippen molar-refractivity contribution in [3.8, 4) is 11.3 Å². The van der Waals surface area contributed by atoms with Crippen LogP contribution in [-0.2, 0) is 16.0 Å². The summed E-state index contributed by atoms with van der Waals surface area (Å²) in [5, 5.41) is 7.61. The molecule has 0 atom stereocenters. The lowest BCUT2D eigenvalue weighted by molar-refractivity contribution is -0.119. The molecule has 0 spiro atoms. The van der Waals surface area contributed by atoms with E-state index in [0.717, 1.165) is 28.8 Å². The summed E-state index contributed by atoms with van der Waals surface area (Å²) in [4.78, 5) is 24.9. The molecule has 0 unspecified atom stereocenters. The first-order valence-corrected chi connectivity index (χ1v) is 10.1. The van der Waals surface area contributed by atoms with Gasteiger partial charge in [0, 0.05) is 11.3 Å². The number of hydrogen-bond donors (Lipinski definition) is 1. The van der Waals surface area contributed by atoms with Crippen molar-refractivity contribution in [2.45, 2.75) is 20.3 Å². The molecule has 0 radical (unpaired) electrons. The molecule has 6 heteroatoms. The van der Waals surface area contributed by atoms with Crippen molar-refractivity contribution in [2.24, 2.45) is 0 Å². The topological polar surface area (TPSA) is 81.4 Å². The summed E-state index contributed by atoms with van der Waals surface area (Å²) in [6, 6.07) is 20.4. The number of benzene rings is 3. The molecule has 3 aromatic carbocycles. The van der Waals surface area contributed by atoms with Gasteiger partial charge in [-0.1, -0.05) is 60.6 Å². The Morgan fingerprint density at radius 3 is 2.61 bits per heavy atom. The Morgan fingerprint density at radius 1 is 1.03 bits per heavy atom. The van der Waals surface area contributed by atoms with Crippen molar-refractivity contribution in [1.82, 2.24) is 5.16 Å². The van der Waals surface area contributed by atoms with Crippen LogP contribution in [0.2, 0.25) is 0 Å². The summed E-state index contributed by atoms with van der Waals surface area (Å²) in [5.74, 6) is -0.388. The van der Waals surface area contributed by atoms with Gasteiger partial charge in [0.1, 0.15) is 5.52 Å². The molecule has 156 valence electrons. The number of aromatic nitrogens is 1. The van der Waals surface area contributed by atoms with Gasteiger partial charge in [-0.2, -0.15) is 0 Å². The summed E-state index contributed by atoms with van der Waals surface area (Å²) in [6.07, 6.45) is 0.791. The van der Waals surface area contributed by atoms with Crippen LogP contribution in [0.25, 0.3) is 22.2 Å². The van der Waals surface area contributed by atoms with Crippen LogP contribution < -0.4 is 5.32 Å². The van der Waals surface area contributed by atoms with E-state index in [-0.39, 0.29) is 12.5 Å². The van der Waals surface area contributed by atoms with Crippen molar-refractivity contribution in [3.05, 3.63) is 83.4 Å². The number of carbonyl (C=O) groups excluding carboxylic acids is 2. The van der Waals surface area contributed by atoms with Crippen molar-refractivity contribution < 1.29 is 18.8 Å². The minimum absolute atomic E-state index is 0.325. The van der Waals surface area contributed by atoms with Crippen LogP contribution in [0.4, 0.5) is 5.69 Å². The molecule has 0 fully saturated rings. The number of carbonyl (C=O) groups is 2. The lowest BCUT2D eigenvalue weighted by Gasteiger charge is -2.13. The highest BCUT2D eigenvalue weighted by Crippen LogP contribution is 2.29. The highest BCUT2D eigenvalue weighted by molar-refractivity contribution is 6.00. The zero-order valence-corrected chi connectivity index (χ0v) is 17.3. The summed E-state index contributed by atoms with van der Waals surface area (Å²) in [5.41, 5.74) is 4.59. The van der Waals surface area contributed by atoms with Crippen molar-refractivity contribution in [3.63, 3.8) is 0 Å². The second-order valence-corrected chi connectivity index (χ2v) is 7.20. The van der Waals surface area contributed by atoms with Gasteiger partial charge in [0.2, 0.25) is 0 Å². The molecule has 31 heavy (non-hydrogen) atoms. The molecule has 0 saturated carbocycles. The van der Waals surface area contributed by atoms with Crippen molar-refractivity contribution >= 4 is 28.5 Å². The van der Waals surface area contributed by atoms with E-state index in [1.165, 1.54) is 0 Å². The number of aryl methyl sites for hydroxylation is 2. The van der Waals surface area contributed by atoms with Crippen LogP contribution in [0.5, 0.6) is 0 Å². The number of fused-ring (bicyclic) bond motifs is 1. The number of para-hydroxylation sites is 1. The average molecular weight is 414 g/mol. The number of nitrogens with zero attached hydrogens (tertiary/aromatic N) is 1. The molecule has 4 aromatic rings. The fraction of sp³-hybridized carbons (Fsp3) is 0.160. The van der Waals surface area contributed by atoms with E-state index >= 15 is 0 Å². The van der Waals surface area contributed by atoms with Crippen LogP contribution in [0, 0.1) is 6.92 Å². The Bertz CT molecular complexity index is 1250. The van der Waals surface area contributed by atoms with Crippen molar-refractivity contribution in [2.75, 3.05) is 11.9 Å². The number of anilines is 1. The minimum atomic E-state index is -0.585. The second-order valence-electron chi connectivity index (χ2n) is 7.20. The van der Waals surface area contributed by atoms with Gasteiger partial charge in [-0.05, 0) is 42.7 Å². The van der Waals surface area contributed by atoms with E-state index < -0.39 is 5.97 Å². The number of esters is 1. The highest BCUT2D eigenvalue weighted by atomic mass is 16.5. The standard InChI is InChI=1S/C25H22N2O4/c1-3-17-11-7-8-16(2)23(17)26-22(28)15-30-25(29)19-12-13-21-20(14-19)24(31-27-21)18-9-5-4-6-10-18/h4-14H,3,15H2,1-2H3,(H,26,28). The zero-order chi connectivity index (χ0) is 21.8. The Balaban J connectivity index is 1.47. The molecule has 6 nitrogen and oxygen atoms in total. The monoisotopic (exact) mass is 414 g/mol. The first kappa shape index (κ1) is 20.3. The van der Waals surface area contributed by atoms with E-state index in [2.05, 4.69) is 10.5 Å². The van der Waals surface area contributed by atoms with Gasteiger partial charge >= 0.3 is 5.97 Å². The van der Waals surface area contributed by atoms with Crippen LogP contribution >= 0.6 is 0 Å². The van der Waals surface area contributed by atoms with E-state index in [1.807, 2.05) is 62.4 Å². The van der Waals surface area contributed by atoms with Crippen LogP contribution in [0.15, 0.2) is 71.3 Å². The Kier molecular flexibility index (Phi) is 5.80. The van der Waals surface area contributed by atoms with Crippen molar-refractivity contribution in [1.29, 1.82) is 0 Å². The lowest BCUT2D eigenvalue weighted by atomic mass is 10.1. The first-order valence-electron chi connectivity index (χ1n) is 10.1. The molecule has 0 bridgehead atoms. The van der Waals surface area contributed by atoms with Gasteiger partial charge in [-0.25, -0.2) is 4.79 Å². The lowest BCUT2D eigenvalue weighted by Crippen LogP contribution is -2.22. The maximum atomic E-state index is 12.6. The van der Waals surface area contributed by atoms with E-state index in [1.54, 1.807) is 18.2 Å². The number of hydrogen-bond acceptors (Lipinski definition) is 5. The zero-order valence-electron chi connectivity index (χ0n) is 17.3. The fourth-order valence-electron chi connectivity index (χ4n) is 3.46. The van der Waals surface area contributed by atoms with E-state index in [9.17, 15) is 9.59 Å². The highest BCUT2D eigenvalue weighted by Gasteiger charge is 2.16. The summed E-state index contributed by atoms with van der Waals surface area (Å²) < 4.78 is 10.7. The SMILES string of the molecule is CCc1cccc(C)c1NC(=O)COC(=O)c1ccc2noc(-c3ccccc3)c2c1. The second kappa shape index (κ2) is 8.83. The number of rotatable bonds is 6. The van der Waals surface area contributed by atoms with E-state index in [4.69, 9.17) is 9.26 Å². The molecule has 0 aliphatic carbocycles. The molecule has 0 aliphatic rings. The molecular weight excluding hydrogens is 392 g/mol. The molecule has 4 rings (SSSR count). The number of nitrogens with one attached hydrogen (secondary N) is 1. The maximum Gasteiger partial charge on any atom is 0.338 e. The molecule has 1 aromatic heterocycles. The molecule has 1 heterocycles. The molecule has 1 N–H and O–H groups in total. The summed E-state index contributed by atoms with van der Waals surface area (Å²) in [7, 11) is 0. The van der Waals surface area contributed by atoms with Gasteiger partial charge in [-0.15, -0.1) is 0 Å². The van der Waals surface area contributed by atoms with Gasteiger partial charge in [0.05, 0.1) is 10.9 Å². The minimum Gasteiger partial charge on any atom is -0.452 e. The van der Waals surface area contributed by atoms with Gasteiger partial charge < -0.3 is 14.6 Å². The predicted molar refractivity (Wildman–Crippen MR) is 119 cm³/mol. The predicted octanol–water partition coefficient (Wildman–Crippen LogP) is 5.16. The van der Waals surface area contributed by atoms with Gasteiger partial charge in [0.25, 0.3) is 5.91 Å². The first-order chi connectivity index (χ1) is 15.1. The largest absolute Gasteiger partial charge is 0.452 e. The number of ether oxygens (including phenoxy) is 1. The third-order valence-electron chi connectivity index (χ3n) is 5.09. The average Bonchev–Trinajstić information content (AvgIpc) is 3.22. The number of amides is 1. The Hall–Kier alpha value is -3.93. The third kappa shape index (κ3) is 4.33. The normalized spacial score (nSPS) is 10.8.